The van der Waals surface area contributed by atoms with Crippen molar-refractivity contribution < 1.29 is 13.9 Å². The zero-order chi connectivity index (χ0) is 22.9. The summed E-state index contributed by atoms with van der Waals surface area (Å²) in [6, 6.07) is 14.5. The van der Waals surface area contributed by atoms with Crippen LogP contribution in [0, 0.1) is 5.82 Å². The number of amides is 1. The van der Waals surface area contributed by atoms with Gasteiger partial charge in [0.15, 0.2) is 0 Å². The maximum absolute atomic E-state index is 14.6. The molecule has 0 radical (unpaired) electrons. The molecule has 1 fully saturated rings. The van der Waals surface area contributed by atoms with E-state index in [2.05, 4.69) is 24.4 Å². The highest BCUT2D eigenvalue weighted by molar-refractivity contribution is 5.89. The first-order chi connectivity index (χ1) is 16.0. The van der Waals surface area contributed by atoms with Gasteiger partial charge >= 0.3 is 6.09 Å². The summed E-state index contributed by atoms with van der Waals surface area (Å²) in [6.07, 6.45) is 2.71. The van der Waals surface area contributed by atoms with Crippen LogP contribution in [0.15, 0.2) is 53.3 Å². The van der Waals surface area contributed by atoms with Crippen molar-refractivity contribution in [2.24, 2.45) is 0 Å². The van der Waals surface area contributed by atoms with Crippen LogP contribution in [0.1, 0.15) is 36.8 Å². The summed E-state index contributed by atoms with van der Waals surface area (Å²) < 4.78 is 21.8. The van der Waals surface area contributed by atoms with E-state index in [0.717, 1.165) is 30.3 Å². The highest BCUT2D eigenvalue weighted by atomic mass is 19.1. The Morgan fingerprint density at radius 3 is 2.61 bits per heavy atom. The minimum Gasteiger partial charge on any atom is -0.443 e. The van der Waals surface area contributed by atoms with Gasteiger partial charge in [0.2, 0.25) is 0 Å². The molecule has 2 aliphatic heterocycles. The second kappa shape index (κ2) is 8.98. The topological polar surface area (TPSA) is 63.6 Å². The Labute approximate surface area is 192 Å². The van der Waals surface area contributed by atoms with Gasteiger partial charge in [0, 0.05) is 42.9 Å². The van der Waals surface area contributed by atoms with E-state index >= 15 is 0 Å². The SMILES string of the molecule is CCCCc1ccc(N2C[C@@H](CNC[C@@H]3Cn4c(=O)ccc5ccc(F)c3c54)OC2=O)cc1. The van der Waals surface area contributed by atoms with E-state index in [1.165, 1.54) is 17.7 Å². The fourth-order valence-electron chi connectivity index (χ4n) is 4.93. The lowest BCUT2D eigenvalue weighted by Gasteiger charge is -2.15. The van der Waals surface area contributed by atoms with Crippen molar-refractivity contribution in [2.45, 2.75) is 44.8 Å². The van der Waals surface area contributed by atoms with Crippen molar-refractivity contribution in [2.75, 3.05) is 24.5 Å². The zero-order valence-electron chi connectivity index (χ0n) is 18.7. The molecule has 6 nitrogen and oxygen atoms in total. The number of pyridine rings is 1. The number of halogens is 1. The molecular formula is C26H28FN3O3. The Morgan fingerprint density at radius 2 is 1.82 bits per heavy atom. The average molecular weight is 450 g/mol. The lowest BCUT2D eigenvalue weighted by molar-refractivity contribution is 0.140. The van der Waals surface area contributed by atoms with Gasteiger partial charge in [-0.05, 0) is 54.1 Å². The number of aromatic nitrogens is 1. The van der Waals surface area contributed by atoms with Crippen LogP contribution < -0.4 is 15.8 Å². The lowest BCUT2D eigenvalue weighted by atomic mass is 9.99. The molecule has 2 aromatic carbocycles. The molecule has 0 spiro atoms. The first-order valence-corrected chi connectivity index (χ1v) is 11.6. The number of nitrogens with zero attached hydrogens (tertiary/aromatic N) is 2. The van der Waals surface area contributed by atoms with Gasteiger partial charge in [0.1, 0.15) is 11.9 Å². The van der Waals surface area contributed by atoms with Gasteiger partial charge in [-0.3, -0.25) is 9.69 Å². The van der Waals surface area contributed by atoms with Crippen molar-refractivity contribution in [3.63, 3.8) is 0 Å². The van der Waals surface area contributed by atoms with Gasteiger partial charge < -0.3 is 14.6 Å². The largest absolute Gasteiger partial charge is 0.443 e. The summed E-state index contributed by atoms with van der Waals surface area (Å²) in [6.45, 7) is 4.05. The molecule has 1 amide bonds. The molecule has 0 saturated carbocycles. The number of carbonyl (C=O) groups is 1. The molecule has 5 rings (SSSR count). The predicted octanol–water partition coefficient (Wildman–Crippen LogP) is 4.20. The van der Waals surface area contributed by atoms with E-state index in [9.17, 15) is 14.0 Å². The molecule has 2 aliphatic rings. The fourth-order valence-corrected chi connectivity index (χ4v) is 4.93. The molecule has 172 valence electrons. The average Bonchev–Trinajstić information content (AvgIpc) is 3.39. The number of carbonyl (C=O) groups excluding carboxylic acids is 1. The molecule has 1 N–H and O–H groups in total. The van der Waals surface area contributed by atoms with Gasteiger partial charge in [-0.1, -0.05) is 25.5 Å². The minimum atomic E-state index is -0.348. The summed E-state index contributed by atoms with van der Waals surface area (Å²) in [4.78, 5) is 26.3. The van der Waals surface area contributed by atoms with E-state index in [4.69, 9.17) is 4.74 Å². The van der Waals surface area contributed by atoms with Crippen molar-refractivity contribution in [1.29, 1.82) is 0 Å². The van der Waals surface area contributed by atoms with Crippen LogP contribution >= 0.6 is 0 Å². The normalized spacial score (nSPS) is 19.5. The Kier molecular flexibility index (Phi) is 5.89. The summed E-state index contributed by atoms with van der Waals surface area (Å²) in [5.41, 5.74) is 3.27. The molecule has 1 saturated heterocycles. The van der Waals surface area contributed by atoms with Crippen LogP contribution in [0.25, 0.3) is 10.9 Å². The second-order valence-corrected chi connectivity index (χ2v) is 8.92. The summed E-state index contributed by atoms with van der Waals surface area (Å²) >= 11 is 0. The third-order valence-corrected chi connectivity index (χ3v) is 6.65. The third-order valence-electron chi connectivity index (χ3n) is 6.65. The predicted molar refractivity (Wildman–Crippen MR) is 126 cm³/mol. The third kappa shape index (κ3) is 4.13. The molecule has 2 atom stereocenters. The van der Waals surface area contributed by atoms with E-state index < -0.39 is 0 Å². The van der Waals surface area contributed by atoms with E-state index in [1.807, 2.05) is 12.1 Å². The maximum Gasteiger partial charge on any atom is 0.414 e. The minimum absolute atomic E-state index is 0.113. The van der Waals surface area contributed by atoms with Gasteiger partial charge in [0.25, 0.3) is 5.56 Å². The number of hydrogen-bond donors (Lipinski definition) is 1. The molecule has 3 heterocycles. The number of unbranched alkanes of at least 4 members (excludes halogenated alkanes) is 1. The monoisotopic (exact) mass is 449 g/mol. The Hall–Kier alpha value is -3.19. The Balaban J connectivity index is 1.20. The van der Waals surface area contributed by atoms with Crippen LogP contribution in [-0.2, 0) is 17.7 Å². The number of rotatable bonds is 8. The van der Waals surface area contributed by atoms with Gasteiger partial charge in [-0.2, -0.15) is 0 Å². The highest BCUT2D eigenvalue weighted by Crippen LogP contribution is 2.34. The number of hydrogen-bond acceptors (Lipinski definition) is 4. The number of nitrogens with one attached hydrogen (secondary N) is 1. The van der Waals surface area contributed by atoms with Crippen LogP contribution in [0.5, 0.6) is 0 Å². The van der Waals surface area contributed by atoms with Crippen molar-refractivity contribution in [3.8, 4) is 0 Å². The van der Waals surface area contributed by atoms with E-state index in [0.29, 0.717) is 37.3 Å². The van der Waals surface area contributed by atoms with Crippen molar-refractivity contribution in [3.05, 3.63) is 75.8 Å². The van der Waals surface area contributed by atoms with E-state index in [-0.39, 0.29) is 29.5 Å². The van der Waals surface area contributed by atoms with Crippen molar-refractivity contribution in [1.82, 2.24) is 9.88 Å². The van der Waals surface area contributed by atoms with E-state index in [1.54, 1.807) is 21.6 Å². The molecule has 0 unspecified atom stereocenters. The smallest absolute Gasteiger partial charge is 0.414 e. The Bertz CT molecular complexity index is 1240. The lowest BCUT2D eigenvalue weighted by Crippen LogP contribution is -2.33. The Morgan fingerprint density at radius 1 is 1.03 bits per heavy atom. The molecule has 0 aliphatic carbocycles. The van der Waals surface area contributed by atoms with Gasteiger partial charge in [-0.15, -0.1) is 0 Å². The highest BCUT2D eigenvalue weighted by Gasteiger charge is 2.33. The van der Waals surface area contributed by atoms with Crippen LogP contribution in [0.3, 0.4) is 0 Å². The van der Waals surface area contributed by atoms with Crippen LogP contribution in [0.4, 0.5) is 14.9 Å². The number of ether oxygens (including phenoxy) is 1. The first kappa shape index (κ1) is 21.6. The van der Waals surface area contributed by atoms with Gasteiger partial charge in [0.05, 0.1) is 12.1 Å². The fraction of sp³-hybridized carbons (Fsp3) is 0.385. The van der Waals surface area contributed by atoms with Crippen LogP contribution in [0.2, 0.25) is 0 Å². The number of benzene rings is 2. The number of cyclic esters (lactones) is 1. The van der Waals surface area contributed by atoms with Gasteiger partial charge in [-0.25, -0.2) is 9.18 Å². The standard InChI is InChI=1S/C26H28FN3O3/c1-2-3-4-17-5-9-20(10-6-17)29-16-21(33-26(29)32)14-28-13-19-15-30-23(31)12-8-18-7-11-22(27)24(19)25(18)30/h5-12,19,21,28H,2-4,13-16H2,1H3/t19-,21-/m1/s1. The van der Waals surface area contributed by atoms with Crippen molar-refractivity contribution >= 4 is 22.7 Å². The first-order valence-electron chi connectivity index (χ1n) is 11.6. The molecule has 7 heteroatoms. The van der Waals surface area contributed by atoms with Crippen LogP contribution in [-0.4, -0.2) is 36.4 Å². The summed E-state index contributed by atoms with van der Waals surface area (Å²) in [7, 11) is 0. The zero-order valence-corrected chi connectivity index (χ0v) is 18.7. The summed E-state index contributed by atoms with van der Waals surface area (Å²) in [5, 5.41) is 4.20. The molecule has 3 aromatic rings. The molecular weight excluding hydrogens is 421 g/mol. The maximum atomic E-state index is 14.6. The molecule has 33 heavy (non-hydrogen) atoms. The molecule has 1 aromatic heterocycles. The molecule has 0 bridgehead atoms. The number of aryl methyl sites for hydroxylation is 1. The second-order valence-electron chi connectivity index (χ2n) is 8.92. The number of anilines is 1. The summed E-state index contributed by atoms with van der Waals surface area (Å²) in [5.74, 6) is -0.431. The quantitative estimate of drug-likeness (QED) is 0.560.